The number of nitrogens with zero attached hydrogens (tertiary/aromatic N) is 4. The molecule has 196 valence electrons. The molecule has 7 heteroatoms. The Balaban J connectivity index is 1.54. The molecule has 0 radical (unpaired) electrons. The Labute approximate surface area is 227 Å². The van der Waals surface area contributed by atoms with E-state index in [1.54, 1.807) is 12.1 Å². The standard InChI is InChI=1S/C32H30FN5O/c1-4-28-27-20-37(32(39)34-25-18-21(2)17-22(3)19-25)30(23-12-14-24(33)15-13-23)29-11-8-16-36(29)31(27)38(35-28)26-9-6-5-7-10-26/h5-19,30H,4,20H2,1-3H3,(H,34,39)/t30-/m1/s1. The zero-order chi connectivity index (χ0) is 27.1. The van der Waals surface area contributed by atoms with Gasteiger partial charge in [-0.25, -0.2) is 13.9 Å². The Bertz CT molecular complexity index is 1630. The van der Waals surface area contributed by atoms with Crippen LogP contribution < -0.4 is 5.32 Å². The minimum atomic E-state index is -0.451. The Morgan fingerprint density at radius 1 is 0.974 bits per heavy atom. The number of hydrogen-bond acceptors (Lipinski definition) is 2. The maximum Gasteiger partial charge on any atom is 0.322 e. The van der Waals surface area contributed by atoms with Gasteiger partial charge < -0.3 is 14.8 Å². The highest BCUT2D eigenvalue weighted by Crippen LogP contribution is 2.39. The zero-order valence-corrected chi connectivity index (χ0v) is 22.2. The number of urea groups is 1. The molecular formula is C32H30FN5O. The highest BCUT2D eigenvalue weighted by molar-refractivity contribution is 5.90. The molecule has 0 unspecified atom stereocenters. The van der Waals surface area contributed by atoms with E-state index in [1.807, 2.05) is 84.2 Å². The molecule has 2 aromatic heterocycles. The molecule has 2 amide bonds. The number of hydrogen-bond donors (Lipinski definition) is 1. The van der Waals surface area contributed by atoms with Crippen molar-refractivity contribution >= 4 is 11.7 Å². The van der Waals surface area contributed by atoms with Crippen molar-refractivity contribution in [2.45, 2.75) is 39.8 Å². The maximum atomic E-state index is 14.1. The fourth-order valence-electron chi connectivity index (χ4n) is 5.59. The lowest BCUT2D eigenvalue weighted by atomic mass is 10.0. The largest absolute Gasteiger partial charge is 0.322 e. The van der Waals surface area contributed by atoms with Crippen molar-refractivity contribution in [2.75, 3.05) is 5.32 Å². The summed E-state index contributed by atoms with van der Waals surface area (Å²) in [7, 11) is 0. The lowest BCUT2D eigenvalue weighted by molar-refractivity contribution is 0.194. The van der Waals surface area contributed by atoms with Gasteiger partial charge >= 0.3 is 6.03 Å². The summed E-state index contributed by atoms with van der Waals surface area (Å²) in [5.41, 5.74) is 7.47. The molecule has 1 N–H and O–H groups in total. The second-order valence-electron chi connectivity index (χ2n) is 10.0. The van der Waals surface area contributed by atoms with Crippen LogP contribution in [0.15, 0.2) is 91.1 Å². The average molecular weight is 520 g/mol. The summed E-state index contributed by atoms with van der Waals surface area (Å²) in [6.07, 6.45) is 2.73. The van der Waals surface area contributed by atoms with Gasteiger partial charge in [0, 0.05) is 17.4 Å². The third kappa shape index (κ3) is 4.50. The molecule has 39 heavy (non-hydrogen) atoms. The monoisotopic (exact) mass is 519 g/mol. The Hall–Kier alpha value is -4.65. The van der Waals surface area contributed by atoms with Crippen LogP contribution in [0.4, 0.5) is 14.9 Å². The van der Waals surface area contributed by atoms with E-state index >= 15 is 0 Å². The minimum absolute atomic E-state index is 0.232. The first-order valence-corrected chi connectivity index (χ1v) is 13.2. The van der Waals surface area contributed by atoms with Gasteiger partial charge in [-0.2, -0.15) is 5.10 Å². The van der Waals surface area contributed by atoms with Gasteiger partial charge in [0.15, 0.2) is 0 Å². The van der Waals surface area contributed by atoms with Crippen LogP contribution in [-0.4, -0.2) is 25.3 Å². The number of benzene rings is 3. The average Bonchev–Trinajstić information content (AvgIpc) is 3.50. The molecule has 6 rings (SSSR count). The molecule has 3 aromatic carbocycles. The second-order valence-corrected chi connectivity index (χ2v) is 10.0. The highest BCUT2D eigenvalue weighted by Gasteiger charge is 2.36. The third-order valence-electron chi connectivity index (χ3n) is 7.22. The van der Waals surface area contributed by atoms with Crippen LogP contribution in [0.1, 0.15) is 46.6 Å². The van der Waals surface area contributed by atoms with Crippen molar-refractivity contribution in [1.82, 2.24) is 19.2 Å². The van der Waals surface area contributed by atoms with Gasteiger partial charge in [-0.05, 0) is 85.5 Å². The normalized spacial score (nSPS) is 14.5. The van der Waals surface area contributed by atoms with E-state index in [9.17, 15) is 9.18 Å². The molecular weight excluding hydrogens is 489 g/mol. The van der Waals surface area contributed by atoms with E-state index < -0.39 is 6.04 Å². The van der Waals surface area contributed by atoms with Gasteiger partial charge in [-0.15, -0.1) is 0 Å². The number of amides is 2. The molecule has 0 saturated heterocycles. The van der Waals surface area contributed by atoms with Crippen LogP contribution in [0.3, 0.4) is 0 Å². The fraction of sp³-hybridized carbons (Fsp3) is 0.188. The summed E-state index contributed by atoms with van der Waals surface area (Å²) in [5.74, 6) is 0.595. The van der Waals surface area contributed by atoms with Crippen molar-refractivity contribution < 1.29 is 9.18 Å². The zero-order valence-electron chi connectivity index (χ0n) is 22.2. The van der Waals surface area contributed by atoms with Gasteiger partial charge in [-0.1, -0.05) is 43.3 Å². The van der Waals surface area contributed by atoms with Crippen molar-refractivity contribution in [1.29, 1.82) is 0 Å². The van der Waals surface area contributed by atoms with E-state index in [2.05, 4.69) is 22.9 Å². The topological polar surface area (TPSA) is 55.1 Å². The van der Waals surface area contributed by atoms with Crippen molar-refractivity contribution in [3.8, 4) is 11.5 Å². The summed E-state index contributed by atoms with van der Waals surface area (Å²) in [6.45, 7) is 6.45. The lowest BCUT2D eigenvalue weighted by Crippen LogP contribution is -2.38. The fourth-order valence-corrected chi connectivity index (χ4v) is 5.59. The molecule has 0 fully saturated rings. The molecule has 0 aliphatic carbocycles. The molecule has 0 spiro atoms. The summed E-state index contributed by atoms with van der Waals surface area (Å²) < 4.78 is 18.1. The number of rotatable bonds is 4. The predicted molar refractivity (Wildman–Crippen MR) is 151 cm³/mol. The number of halogens is 1. The first kappa shape index (κ1) is 24.7. The number of anilines is 1. The van der Waals surface area contributed by atoms with Crippen LogP contribution in [0.25, 0.3) is 11.5 Å². The molecule has 1 atom stereocenters. The van der Waals surface area contributed by atoms with E-state index in [0.29, 0.717) is 13.0 Å². The summed E-state index contributed by atoms with van der Waals surface area (Å²) >= 11 is 0. The quantitative estimate of drug-likeness (QED) is 0.275. The van der Waals surface area contributed by atoms with E-state index in [1.165, 1.54) is 12.1 Å². The van der Waals surface area contributed by atoms with Gasteiger partial charge in [0.25, 0.3) is 0 Å². The minimum Gasteiger partial charge on any atom is -0.308 e. The first-order chi connectivity index (χ1) is 18.9. The Morgan fingerprint density at radius 2 is 1.69 bits per heavy atom. The van der Waals surface area contributed by atoms with Gasteiger partial charge in [0.05, 0.1) is 29.7 Å². The Kier molecular flexibility index (Phi) is 6.27. The molecule has 1 aliphatic heterocycles. The molecule has 0 saturated carbocycles. The SMILES string of the molecule is CCc1nn(-c2ccccc2)c2c1CN(C(=O)Nc1cc(C)cc(C)c1)[C@H](c1ccc(F)cc1)c1cccn1-2. The molecule has 3 heterocycles. The second kappa shape index (κ2) is 9.91. The lowest BCUT2D eigenvalue weighted by Gasteiger charge is -2.31. The van der Waals surface area contributed by atoms with E-state index in [4.69, 9.17) is 5.10 Å². The van der Waals surface area contributed by atoms with Crippen LogP contribution in [0.5, 0.6) is 0 Å². The molecule has 6 nitrogen and oxygen atoms in total. The number of para-hydroxylation sites is 1. The first-order valence-electron chi connectivity index (χ1n) is 13.2. The number of fused-ring (bicyclic) bond motifs is 3. The van der Waals surface area contributed by atoms with Gasteiger partial charge in [0.1, 0.15) is 11.6 Å². The number of carbonyl (C=O) groups is 1. The van der Waals surface area contributed by atoms with Crippen LogP contribution in [-0.2, 0) is 13.0 Å². The molecule has 1 aliphatic rings. The maximum absolute atomic E-state index is 14.1. The number of aryl methyl sites for hydroxylation is 3. The van der Waals surface area contributed by atoms with Crippen LogP contribution in [0.2, 0.25) is 0 Å². The smallest absolute Gasteiger partial charge is 0.308 e. The van der Waals surface area contributed by atoms with E-state index in [-0.39, 0.29) is 11.8 Å². The number of aromatic nitrogens is 3. The van der Waals surface area contributed by atoms with Gasteiger partial charge in [0.2, 0.25) is 0 Å². The number of nitrogens with one attached hydrogen (secondary N) is 1. The van der Waals surface area contributed by atoms with Crippen LogP contribution >= 0.6 is 0 Å². The summed E-state index contributed by atoms with van der Waals surface area (Å²) in [4.78, 5) is 15.9. The molecule has 5 aromatic rings. The highest BCUT2D eigenvalue weighted by atomic mass is 19.1. The Morgan fingerprint density at radius 3 is 2.38 bits per heavy atom. The van der Waals surface area contributed by atoms with E-state index in [0.717, 1.165) is 50.8 Å². The van der Waals surface area contributed by atoms with Crippen molar-refractivity contribution in [3.05, 3.63) is 131 Å². The summed E-state index contributed by atoms with van der Waals surface area (Å²) in [6, 6.07) is 25.8. The summed E-state index contributed by atoms with van der Waals surface area (Å²) in [5, 5.41) is 8.14. The van der Waals surface area contributed by atoms with Crippen LogP contribution in [0, 0.1) is 19.7 Å². The van der Waals surface area contributed by atoms with Crippen molar-refractivity contribution in [2.24, 2.45) is 0 Å². The predicted octanol–water partition coefficient (Wildman–Crippen LogP) is 7.12. The van der Waals surface area contributed by atoms with Crippen molar-refractivity contribution in [3.63, 3.8) is 0 Å². The third-order valence-corrected chi connectivity index (χ3v) is 7.22. The number of carbonyl (C=O) groups excluding carboxylic acids is 1. The molecule has 0 bridgehead atoms. The van der Waals surface area contributed by atoms with Gasteiger partial charge in [-0.3, -0.25) is 0 Å².